The fourth-order valence-corrected chi connectivity index (χ4v) is 2.02. The number of hydrogen-bond donors (Lipinski definition) is 0. The highest BCUT2D eigenvalue weighted by Crippen LogP contribution is 2.30. The molecule has 2 saturated heterocycles. The molecule has 2 fully saturated rings. The molecule has 0 aromatic carbocycles. The maximum Gasteiger partial charge on any atom is 0.137 e. The van der Waals surface area contributed by atoms with Crippen molar-refractivity contribution in [1.29, 1.82) is 0 Å². The maximum atomic E-state index is 5.45. The number of likely N-dealkylation sites (tertiary alicyclic amines) is 1. The smallest absolute Gasteiger partial charge is 0.137 e. The zero-order valence-corrected chi connectivity index (χ0v) is 7.42. The molecule has 3 unspecified atom stereocenters. The molecular weight excluding hydrogens is 138 g/mol. The number of hydrogen-bond acceptors (Lipinski definition) is 2. The lowest BCUT2D eigenvalue weighted by Crippen LogP contribution is -2.40. The minimum Gasteiger partial charge on any atom is -0.353 e. The van der Waals surface area contributed by atoms with Gasteiger partial charge in [0, 0.05) is 12.6 Å². The van der Waals surface area contributed by atoms with Gasteiger partial charge in [-0.15, -0.1) is 0 Å². The van der Waals surface area contributed by atoms with Crippen LogP contribution in [0.1, 0.15) is 33.1 Å². The van der Waals surface area contributed by atoms with Crippen LogP contribution in [0.2, 0.25) is 0 Å². The molecule has 2 heteroatoms. The highest BCUT2D eigenvalue weighted by atomic mass is 16.6. The third-order valence-electron chi connectivity index (χ3n) is 2.86. The largest absolute Gasteiger partial charge is 0.353 e. The Balaban J connectivity index is 1.90. The van der Waals surface area contributed by atoms with Crippen LogP contribution in [0.4, 0.5) is 0 Å². The van der Waals surface area contributed by atoms with E-state index in [1.165, 1.54) is 25.8 Å². The van der Waals surface area contributed by atoms with E-state index < -0.39 is 0 Å². The summed E-state index contributed by atoms with van der Waals surface area (Å²) >= 11 is 0. The van der Waals surface area contributed by atoms with Gasteiger partial charge in [-0.25, -0.2) is 0 Å². The number of epoxide rings is 1. The van der Waals surface area contributed by atoms with Gasteiger partial charge in [-0.05, 0) is 26.7 Å². The van der Waals surface area contributed by atoms with Gasteiger partial charge in [-0.2, -0.15) is 0 Å². The van der Waals surface area contributed by atoms with Crippen molar-refractivity contribution in [2.24, 2.45) is 0 Å². The molecule has 0 amide bonds. The lowest BCUT2D eigenvalue weighted by molar-refractivity contribution is 0.0985. The van der Waals surface area contributed by atoms with E-state index >= 15 is 0 Å². The molecular formula is C9H17NO. The Morgan fingerprint density at radius 2 is 2.00 bits per heavy atom. The first-order valence-corrected chi connectivity index (χ1v) is 4.70. The van der Waals surface area contributed by atoms with Crippen molar-refractivity contribution in [2.45, 2.75) is 51.5 Å². The molecule has 0 aliphatic carbocycles. The van der Waals surface area contributed by atoms with Crippen LogP contribution in [0.15, 0.2) is 0 Å². The summed E-state index contributed by atoms with van der Waals surface area (Å²) in [6.45, 7) is 5.72. The number of nitrogens with zero attached hydrogens (tertiary/aromatic N) is 1. The van der Waals surface area contributed by atoms with Crippen LogP contribution in [-0.4, -0.2) is 29.8 Å². The molecule has 2 heterocycles. The minimum atomic E-state index is 0.463. The normalized spacial score (nSPS) is 45.8. The monoisotopic (exact) mass is 155 g/mol. The molecule has 0 N–H and O–H groups in total. The maximum absolute atomic E-state index is 5.45. The molecule has 0 aromatic heterocycles. The SMILES string of the molecule is CC1OC1N1CCCCC1C. The molecule has 0 saturated carbocycles. The van der Waals surface area contributed by atoms with Crippen LogP contribution in [0, 0.1) is 0 Å². The fourth-order valence-electron chi connectivity index (χ4n) is 2.02. The fraction of sp³-hybridized carbons (Fsp3) is 1.00. The van der Waals surface area contributed by atoms with E-state index in [9.17, 15) is 0 Å². The molecule has 2 aliphatic rings. The molecule has 64 valence electrons. The molecule has 2 aliphatic heterocycles. The lowest BCUT2D eigenvalue weighted by atomic mass is 10.0. The van der Waals surface area contributed by atoms with Crippen molar-refractivity contribution in [2.75, 3.05) is 6.54 Å². The molecule has 2 rings (SSSR count). The van der Waals surface area contributed by atoms with E-state index in [0.29, 0.717) is 12.3 Å². The second-order valence-electron chi connectivity index (χ2n) is 3.81. The van der Waals surface area contributed by atoms with Gasteiger partial charge in [0.1, 0.15) is 6.23 Å². The van der Waals surface area contributed by atoms with E-state index in [2.05, 4.69) is 18.7 Å². The quantitative estimate of drug-likeness (QED) is 0.535. The van der Waals surface area contributed by atoms with Gasteiger partial charge in [-0.1, -0.05) is 6.42 Å². The first-order valence-electron chi connectivity index (χ1n) is 4.70. The van der Waals surface area contributed by atoms with Gasteiger partial charge in [0.05, 0.1) is 6.10 Å². The zero-order valence-electron chi connectivity index (χ0n) is 7.42. The zero-order chi connectivity index (χ0) is 7.84. The Bertz CT molecular complexity index is 146. The van der Waals surface area contributed by atoms with Crippen LogP contribution in [0.25, 0.3) is 0 Å². The van der Waals surface area contributed by atoms with E-state index in [1.54, 1.807) is 0 Å². The molecule has 11 heavy (non-hydrogen) atoms. The van der Waals surface area contributed by atoms with Crippen molar-refractivity contribution in [3.8, 4) is 0 Å². The number of piperidine rings is 1. The first kappa shape index (κ1) is 7.56. The molecule has 3 atom stereocenters. The Labute approximate surface area is 68.5 Å². The Morgan fingerprint density at radius 1 is 1.27 bits per heavy atom. The highest BCUT2D eigenvalue weighted by Gasteiger charge is 2.42. The Hall–Kier alpha value is -0.0800. The summed E-state index contributed by atoms with van der Waals surface area (Å²) in [5.41, 5.74) is 0. The summed E-state index contributed by atoms with van der Waals surface area (Å²) in [4.78, 5) is 2.51. The van der Waals surface area contributed by atoms with Gasteiger partial charge in [0.25, 0.3) is 0 Å². The molecule has 0 bridgehead atoms. The van der Waals surface area contributed by atoms with E-state index in [1.807, 2.05) is 0 Å². The van der Waals surface area contributed by atoms with Crippen LogP contribution >= 0.6 is 0 Å². The van der Waals surface area contributed by atoms with Crippen molar-refractivity contribution < 1.29 is 4.74 Å². The van der Waals surface area contributed by atoms with Crippen LogP contribution in [-0.2, 0) is 4.74 Å². The van der Waals surface area contributed by atoms with Crippen LogP contribution < -0.4 is 0 Å². The summed E-state index contributed by atoms with van der Waals surface area (Å²) in [5, 5.41) is 0. The highest BCUT2D eigenvalue weighted by molar-refractivity contribution is 4.86. The summed E-state index contributed by atoms with van der Waals surface area (Å²) in [7, 11) is 0. The van der Waals surface area contributed by atoms with Gasteiger partial charge in [-0.3, -0.25) is 4.90 Å². The van der Waals surface area contributed by atoms with Gasteiger partial charge < -0.3 is 4.74 Å². The third-order valence-corrected chi connectivity index (χ3v) is 2.86. The lowest BCUT2D eigenvalue weighted by Gasteiger charge is -2.31. The minimum absolute atomic E-state index is 0.463. The average Bonchev–Trinajstić information content (AvgIpc) is 2.68. The Morgan fingerprint density at radius 3 is 2.55 bits per heavy atom. The van der Waals surface area contributed by atoms with Crippen molar-refractivity contribution in [3.63, 3.8) is 0 Å². The summed E-state index contributed by atoms with van der Waals surface area (Å²) in [5.74, 6) is 0. The second-order valence-corrected chi connectivity index (χ2v) is 3.81. The standard InChI is InChI=1S/C9H17NO/c1-7-5-3-4-6-10(7)9-8(2)11-9/h7-9H,3-6H2,1-2H3. The van der Waals surface area contributed by atoms with E-state index in [-0.39, 0.29) is 0 Å². The summed E-state index contributed by atoms with van der Waals surface area (Å²) < 4.78 is 5.45. The third kappa shape index (κ3) is 1.42. The van der Waals surface area contributed by atoms with Gasteiger partial charge in [0.2, 0.25) is 0 Å². The molecule has 2 nitrogen and oxygen atoms in total. The molecule has 0 spiro atoms. The Kier molecular flexibility index (Phi) is 1.90. The van der Waals surface area contributed by atoms with Crippen molar-refractivity contribution in [3.05, 3.63) is 0 Å². The predicted octanol–water partition coefficient (Wildman–Crippen LogP) is 1.61. The predicted molar refractivity (Wildman–Crippen MR) is 44.4 cm³/mol. The van der Waals surface area contributed by atoms with Crippen molar-refractivity contribution >= 4 is 0 Å². The first-order chi connectivity index (χ1) is 5.29. The number of ether oxygens (including phenoxy) is 1. The van der Waals surface area contributed by atoms with E-state index in [0.717, 1.165) is 6.04 Å². The summed E-state index contributed by atoms with van der Waals surface area (Å²) in [6, 6.07) is 0.749. The van der Waals surface area contributed by atoms with E-state index in [4.69, 9.17) is 4.74 Å². The number of rotatable bonds is 1. The second kappa shape index (κ2) is 2.76. The molecule has 0 radical (unpaired) electrons. The van der Waals surface area contributed by atoms with Crippen LogP contribution in [0.5, 0.6) is 0 Å². The topological polar surface area (TPSA) is 15.8 Å². The van der Waals surface area contributed by atoms with Crippen LogP contribution in [0.3, 0.4) is 0 Å². The van der Waals surface area contributed by atoms with Crippen molar-refractivity contribution in [1.82, 2.24) is 4.90 Å². The van der Waals surface area contributed by atoms with Gasteiger partial charge in [0.15, 0.2) is 0 Å². The molecule has 0 aromatic rings. The average molecular weight is 155 g/mol. The summed E-state index contributed by atoms with van der Waals surface area (Å²) in [6.07, 6.45) is 5.07. The van der Waals surface area contributed by atoms with Gasteiger partial charge >= 0.3 is 0 Å².